The van der Waals surface area contributed by atoms with E-state index in [1.807, 2.05) is 0 Å². The molecule has 0 aromatic heterocycles. The smallest absolute Gasteiger partial charge is 0.100 e. The minimum atomic E-state index is 0.488. The van der Waals surface area contributed by atoms with E-state index in [0.29, 0.717) is 18.0 Å². The summed E-state index contributed by atoms with van der Waals surface area (Å²) in [6.45, 7) is 8.92. The van der Waals surface area contributed by atoms with Crippen LogP contribution < -0.4 is 5.32 Å². The first kappa shape index (κ1) is 9.43. The highest BCUT2D eigenvalue weighted by Gasteiger charge is 2.24. The lowest BCUT2D eigenvalue weighted by Crippen LogP contribution is -2.38. The molecule has 2 heteroatoms. The summed E-state index contributed by atoms with van der Waals surface area (Å²) < 4.78 is 0. The standard InChI is InChI=1S/C10H20N2/c1-7(2)9-6-12(5)10(11-9)8(3)4/h6-8,10-11H,1-5H3. The zero-order valence-electron chi connectivity index (χ0n) is 8.76. The van der Waals surface area contributed by atoms with Gasteiger partial charge in [-0.1, -0.05) is 27.7 Å². The van der Waals surface area contributed by atoms with Gasteiger partial charge in [-0.15, -0.1) is 0 Å². The highest BCUT2D eigenvalue weighted by atomic mass is 15.3. The summed E-state index contributed by atoms with van der Waals surface area (Å²) >= 11 is 0. The second kappa shape index (κ2) is 3.38. The molecule has 0 aliphatic carbocycles. The van der Waals surface area contributed by atoms with Gasteiger partial charge in [0.1, 0.15) is 6.17 Å². The highest BCUT2D eigenvalue weighted by molar-refractivity contribution is 5.09. The lowest BCUT2D eigenvalue weighted by Gasteiger charge is -2.25. The third-order valence-electron chi connectivity index (χ3n) is 2.35. The van der Waals surface area contributed by atoms with Crippen LogP contribution in [-0.2, 0) is 0 Å². The molecule has 0 bridgehead atoms. The molecule has 1 N–H and O–H groups in total. The van der Waals surface area contributed by atoms with Gasteiger partial charge in [-0.05, 0) is 11.8 Å². The van der Waals surface area contributed by atoms with Crippen molar-refractivity contribution in [2.24, 2.45) is 11.8 Å². The zero-order valence-corrected chi connectivity index (χ0v) is 8.76. The molecule has 70 valence electrons. The second-order valence-corrected chi connectivity index (χ2v) is 4.24. The molecule has 1 heterocycles. The van der Waals surface area contributed by atoms with Crippen molar-refractivity contribution in [1.29, 1.82) is 0 Å². The largest absolute Gasteiger partial charge is 0.367 e. The Kier molecular flexibility index (Phi) is 2.65. The summed E-state index contributed by atoms with van der Waals surface area (Å²) in [5.41, 5.74) is 1.36. The van der Waals surface area contributed by atoms with E-state index in [4.69, 9.17) is 0 Å². The first-order valence-corrected chi connectivity index (χ1v) is 4.72. The average Bonchev–Trinajstić information content (AvgIpc) is 2.30. The van der Waals surface area contributed by atoms with Gasteiger partial charge in [0.05, 0.1) is 0 Å². The first-order valence-electron chi connectivity index (χ1n) is 4.72. The van der Waals surface area contributed by atoms with Crippen LogP contribution >= 0.6 is 0 Å². The van der Waals surface area contributed by atoms with Crippen molar-refractivity contribution in [3.8, 4) is 0 Å². The Bertz CT molecular complexity index is 182. The summed E-state index contributed by atoms with van der Waals surface area (Å²) in [5, 5.41) is 3.53. The topological polar surface area (TPSA) is 15.3 Å². The highest BCUT2D eigenvalue weighted by Crippen LogP contribution is 2.19. The molecule has 1 aliphatic heterocycles. The third-order valence-corrected chi connectivity index (χ3v) is 2.35. The van der Waals surface area contributed by atoms with Gasteiger partial charge >= 0.3 is 0 Å². The minimum absolute atomic E-state index is 0.488. The molecule has 1 unspecified atom stereocenters. The van der Waals surface area contributed by atoms with Crippen molar-refractivity contribution < 1.29 is 0 Å². The zero-order chi connectivity index (χ0) is 9.30. The van der Waals surface area contributed by atoms with E-state index in [1.54, 1.807) is 0 Å². The number of rotatable bonds is 2. The van der Waals surface area contributed by atoms with Crippen LogP contribution in [0.3, 0.4) is 0 Å². The maximum atomic E-state index is 3.53. The summed E-state index contributed by atoms with van der Waals surface area (Å²) in [7, 11) is 2.13. The molecule has 0 amide bonds. The molecular weight excluding hydrogens is 148 g/mol. The van der Waals surface area contributed by atoms with Gasteiger partial charge in [0.15, 0.2) is 0 Å². The van der Waals surface area contributed by atoms with Gasteiger partial charge in [0.2, 0.25) is 0 Å². The Hall–Kier alpha value is -0.660. The van der Waals surface area contributed by atoms with Crippen molar-refractivity contribution in [3.63, 3.8) is 0 Å². The van der Waals surface area contributed by atoms with E-state index in [0.717, 1.165) is 0 Å². The molecule has 0 saturated heterocycles. The van der Waals surface area contributed by atoms with Crippen LogP contribution in [0, 0.1) is 11.8 Å². The second-order valence-electron chi connectivity index (χ2n) is 4.24. The fraction of sp³-hybridized carbons (Fsp3) is 0.800. The number of hydrogen-bond acceptors (Lipinski definition) is 2. The normalized spacial score (nSPS) is 23.4. The maximum Gasteiger partial charge on any atom is 0.100 e. The van der Waals surface area contributed by atoms with Crippen molar-refractivity contribution in [2.75, 3.05) is 7.05 Å². The molecule has 1 aliphatic rings. The molecule has 0 radical (unpaired) electrons. The molecule has 0 aromatic rings. The summed E-state index contributed by atoms with van der Waals surface area (Å²) in [5.74, 6) is 1.26. The third kappa shape index (κ3) is 1.74. The molecular formula is C10H20N2. The molecule has 0 aromatic carbocycles. The Balaban J connectivity index is 2.60. The minimum Gasteiger partial charge on any atom is -0.367 e. The summed E-state index contributed by atoms with van der Waals surface area (Å²) in [6.07, 6.45) is 2.71. The quantitative estimate of drug-likeness (QED) is 0.678. The molecule has 1 rings (SSSR count). The number of nitrogens with zero attached hydrogens (tertiary/aromatic N) is 1. The van der Waals surface area contributed by atoms with E-state index in [-0.39, 0.29) is 0 Å². The van der Waals surface area contributed by atoms with Crippen molar-refractivity contribution in [2.45, 2.75) is 33.9 Å². The van der Waals surface area contributed by atoms with E-state index in [2.05, 4.69) is 51.2 Å². The van der Waals surface area contributed by atoms with Gasteiger partial charge < -0.3 is 10.2 Å². The Morgan fingerprint density at radius 3 is 2.17 bits per heavy atom. The molecule has 0 saturated carbocycles. The molecule has 1 atom stereocenters. The van der Waals surface area contributed by atoms with Gasteiger partial charge in [0, 0.05) is 18.9 Å². The lowest BCUT2D eigenvalue weighted by atomic mass is 10.1. The van der Waals surface area contributed by atoms with E-state index >= 15 is 0 Å². The van der Waals surface area contributed by atoms with Crippen LogP contribution in [0.4, 0.5) is 0 Å². The monoisotopic (exact) mass is 168 g/mol. The molecule has 2 nitrogen and oxygen atoms in total. The summed E-state index contributed by atoms with van der Waals surface area (Å²) in [6, 6.07) is 0. The number of nitrogens with one attached hydrogen (secondary N) is 1. The van der Waals surface area contributed by atoms with Crippen molar-refractivity contribution >= 4 is 0 Å². The fourth-order valence-electron chi connectivity index (χ4n) is 1.56. The van der Waals surface area contributed by atoms with Crippen molar-refractivity contribution in [1.82, 2.24) is 10.2 Å². The van der Waals surface area contributed by atoms with Crippen LogP contribution in [0.5, 0.6) is 0 Å². The Morgan fingerprint density at radius 1 is 1.33 bits per heavy atom. The number of allylic oxidation sites excluding steroid dienone is 1. The van der Waals surface area contributed by atoms with Crippen LogP contribution in [-0.4, -0.2) is 18.1 Å². The summed E-state index contributed by atoms with van der Waals surface area (Å²) in [4.78, 5) is 2.26. The van der Waals surface area contributed by atoms with E-state index < -0.39 is 0 Å². The maximum absolute atomic E-state index is 3.53. The van der Waals surface area contributed by atoms with Gasteiger partial charge in [-0.25, -0.2) is 0 Å². The van der Waals surface area contributed by atoms with Crippen LogP contribution in [0.2, 0.25) is 0 Å². The first-order chi connectivity index (χ1) is 5.52. The van der Waals surface area contributed by atoms with E-state index in [1.165, 1.54) is 5.70 Å². The van der Waals surface area contributed by atoms with Crippen LogP contribution in [0.15, 0.2) is 11.9 Å². The number of hydrogen-bond donors (Lipinski definition) is 1. The molecule has 12 heavy (non-hydrogen) atoms. The van der Waals surface area contributed by atoms with Crippen LogP contribution in [0.25, 0.3) is 0 Å². The van der Waals surface area contributed by atoms with E-state index in [9.17, 15) is 0 Å². The lowest BCUT2D eigenvalue weighted by molar-refractivity contribution is 0.255. The fourth-order valence-corrected chi connectivity index (χ4v) is 1.56. The molecule has 0 spiro atoms. The van der Waals surface area contributed by atoms with Crippen LogP contribution in [0.1, 0.15) is 27.7 Å². The molecule has 0 fully saturated rings. The van der Waals surface area contributed by atoms with Gasteiger partial charge in [-0.3, -0.25) is 0 Å². The SMILES string of the molecule is CC(C)C1=CN(C)C(C(C)C)N1. The van der Waals surface area contributed by atoms with Crippen molar-refractivity contribution in [3.05, 3.63) is 11.9 Å². The Labute approximate surface area is 75.6 Å². The Morgan fingerprint density at radius 2 is 1.92 bits per heavy atom. The average molecular weight is 168 g/mol. The predicted molar refractivity (Wildman–Crippen MR) is 52.4 cm³/mol. The van der Waals surface area contributed by atoms with Gasteiger partial charge in [-0.2, -0.15) is 0 Å². The predicted octanol–water partition coefficient (Wildman–Crippen LogP) is 2.00. The van der Waals surface area contributed by atoms with Gasteiger partial charge in [0.25, 0.3) is 0 Å².